The molecule has 2 rings (SSSR count). The average Bonchev–Trinajstić information content (AvgIpc) is 2.47. The van der Waals surface area contributed by atoms with E-state index in [0.717, 1.165) is 12.1 Å². The minimum atomic E-state index is 0.535. The third-order valence-electron chi connectivity index (χ3n) is 2.78. The highest BCUT2D eigenvalue weighted by molar-refractivity contribution is 6.33. The van der Waals surface area contributed by atoms with E-state index in [2.05, 4.69) is 11.4 Å². The molecule has 0 aliphatic carbocycles. The SMILES string of the molecule is CCCOc1cc(N)cc(Nc2cc(C#N)ccc2Cl)c1. The van der Waals surface area contributed by atoms with E-state index in [0.29, 0.717) is 34.3 Å². The second-order valence-corrected chi connectivity index (χ2v) is 4.98. The molecule has 0 aromatic heterocycles. The zero-order valence-corrected chi connectivity index (χ0v) is 12.4. The zero-order chi connectivity index (χ0) is 15.2. The van der Waals surface area contributed by atoms with Crippen LogP contribution in [0.5, 0.6) is 5.75 Å². The largest absolute Gasteiger partial charge is 0.493 e. The van der Waals surface area contributed by atoms with Crippen LogP contribution >= 0.6 is 11.6 Å². The van der Waals surface area contributed by atoms with Gasteiger partial charge < -0.3 is 15.8 Å². The number of halogens is 1. The van der Waals surface area contributed by atoms with Gasteiger partial charge >= 0.3 is 0 Å². The molecule has 0 unspecified atom stereocenters. The number of rotatable bonds is 5. The van der Waals surface area contributed by atoms with Crippen LogP contribution in [-0.2, 0) is 0 Å². The van der Waals surface area contributed by atoms with Crippen molar-refractivity contribution in [2.24, 2.45) is 0 Å². The number of nitrogen functional groups attached to an aromatic ring is 1. The van der Waals surface area contributed by atoms with Crippen LogP contribution in [0.1, 0.15) is 18.9 Å². The molecule has 108 valence electrons. The fraction of sp³-hybridized carbons (Fsp3) is 0.188. The van der Waals surface area contributed by atoms with Crippen LogP contribution in [0.2, 0.25) is 5.02 Å². The Morgan fingerprint density at radius 1 is 1.29 bits per heavy atom. The molecular formula is C16H16ClN3O. The number of hydrogen-bond donors (Lipinski definition) is 2. The second kappa shape index (κ2) is 6.87. The van der Waals surface area contributed by atoms with Gasteiger partial charge in [-0.1, -0.05) is 18.5 Å². The number of ether oxygens (including phenoxy) is 1. The number of nitrogens with zero attached hydrogens (tertiary/aromatic N) is 1. The number of hydrogen-bond acceptors (Lipinski definition) is 4. The Bertz CT molecular complexity index is 680. The summed E-state index contributed by atoms with van der Waals surface area (Å²) in [6, 6.07) is 12.5. The maximum atomic E-state index is 8.94. The molecule has 0 heterocycles. The van der Waals surface area contributed by atoms with E-state index in [1.165, 1.54) is 0 Å². The third kappa shape index (κ3) is 4.04. The highest BCUT2D eigenvalue weighted by Gasteiger charge is 2.05. The van der Waals surface area contributed by atoms with Gasteiger partial charge in [0, 0.05) is 23.5 Å². The van der Waals surface area contributed by atoms with Gasteiger partial charge in [-0.25, -0.2) is 0 Å². The molecule has 0 amide bonds. The van der Waals surface area contributed by atoms with Crippen molar-refractivity contribution in [3.8, 4) is 11.8 Å². The highest BCUT2D eigenvalue weighted by Crippen LogP contribution is 2.29. The first-order chi connectivity index (χ1) is 10.1. The number of benzene rings is 2. The minimum absolute atomic E-state index is 0.535. The molecule has 0 spiro atoms. The van der Waals surface area contributed by atoms with Gasteiger partial charge in [0.1, 0.15) is 5.75 Å². The zero-order valence-electron chi connectivity index (χ0n) is 11.7. The van der Waals surface area contributed by atoms with Crippen molar-refractivity contribution in [3.05, 3.63) is 47.0 Å². The van der Waals surface area contributed by atoms with Crippen molar-refractivity contribution in [1.29, 1.82) is 5.26 Å². The lowest BCUT2D eigenvalue weighted by Gasteiger charge is -2.12. The fourth-order valence-electron chi connectivity index (χ4n) is 1.84. The molecule has 3 N–H and O–H groups in total. The Labute approximate surface area is 129 Å². The molecule has 0 saturated heterocycles. The van der Waals surface area contributed by atoms with Gasteiger partial charge in [0.25, 0.3) is 0 Å². The second-order valence-electron chi connectivity index (χ2n) is 4.57. The molecule has 0 radical (unpaired) electrons. The minimum Gasteiger partial charge on any atom is -0.493 e. The van der Waals surface area contributed by atoms with E-state index < -0.39 is 0 Å². The number of nitrogens with two attached hydrogens (primary N) is 1. The van der Waals surface area contributed by atoms with Gasteiger partial charge in [-0.2, -0.15) is 5.26 Å². The van der Waals surface area contributed by atoms with Crippen LogP contribution in [0, 0.1) is 11.3 Å². The van der Waals surface area contributed by atoms with Crippen molar-refractivity contribution in [3.63, 3.8) is 0 Å². The normalized spacial score (nSPS) is 9.95. The predicted molar refractivity (Wildman–Crippen MR) is 86.1 cm³/mol. The van der Waals surface area contributed by atoms with Crippen molar-refractivity contribution < 1.29 is 4.74 Å². The first-order valence-corrected chi connectivity index (χ1v) is 7.00. The summed E-state index contributed by atoms with van der Waals surface area (Å²) in [6.07, 6.45) is 0.924. The molecule has 0 saturated carbocycles. The van der Waals surface area contributed by atoms with Crippen LogP contribution in [0.4, 0.5) is 17.1 Å². The molecule has 5 heteroatoms. The van der Waals surface area contributed by atoms with Gasteiger partial charge in [-0.15, -0.1) is 0 Å². The summed E-state index contributed by atoms with van der Waals surface area (Å²) >= 11 is 6.13. The lowest BCUT2D eigenvalue weighted by Crippen LogP contribution is -1.99. The Morgan fingerprint density at radius 3 is 2.81 bits per heavy atom. The summed E-state index contributed by atoms with van der Waals surface area (Å²) in [6.45, 7) is 2.67. The molecule has 0 aliphatic rings. The monoisotopic (exact) mass is 301 g/mol. The van der Waals surface area contributed by atoms with E-state index in [1.807, 2.05) is 13.0 Å². The first-order valence-electron chi connectivity index (χ1n) is 6.62. The molecule has 21 heavy (non-hydrogen) atoms. The van der Waals surface area contributed by atoms with Crippen LogP contribution in [0.15, 0.2) is 36.4 Å². The maximum absolute atomic E-state index is 8.94. The van der Waals surface area contributed by atoms with Gasteiger partial charge in [-0.3, -0.25) is 0 Å². The summed E-state index contributed by atoms with van der Waals surface area (Å²) in [4.78, 5) is 0. The summed E-state index contributed by atoms with van der Waals surface area (Å²) in [5.41, 5.74) is 8.42. The molecule has 2 aromatic rings. The molecular weight excluding hydrogens is 286 g/mol. The van der Waals surface area contributed by atoms with Crippen molar-refractivity contribution in [1.82, 2.24) is 0 Å². The average molecular weight is 302 g/mol. The summed E-state index contributed by atoms with van der Waals surface area (Å²) in [5.74, 6) is 0.701. The van der Waals surface area contributed by atoms with Gasteiger partial charge in [0.2, 0.25) is 0 Å². The Balaban J connectivity index is 2.27. The standard InChI is InChI=1S/C16H16ClN3O/c1-2-5-21-14-8-12(19)7-13(9-14)20-16-6-11(10-18)3-4-15(16)17/h3-4,6-9,20H,2,5,19H2,1H3. The Kier molecular flexibility index (Phi) is 4.91. The van der Waals surface area contributed by atoms with Crippen LogP contribution in [0.3, 0.4) is 0 Å². The van der Waals surface area contributed by atoms with Crippen LogP contribution < -0.4 is 15.8 Å². The molecule has 0 aliphatic heterocycles. The maximum Gasteiger partial charge on any atom is 0.123 e. The topological polar surface area (TPSA) is 71.1 Å². The fourth-order valence-corrected chi connectivity index (χ4v) is 2.01. The van der Waals surface area contributed by atoms with E-state index in [4.69, 9.17) is 27.3 Å². The smallest absolute Gasteiger partial charge is 0.123 e. The van der Waals surface area contributed by atoms with E-state index in [-0.39, 0.29) is 0 Å². The lowest BCUT2D eigenvalue weighted by molar-refractivity contribution is 0.318. The van der Waals surface area contributed by atoms with Crippen LogP contribution in [0.25, 0.3) is 0 Å². The van der Waals surface area contributed by atoms with E-state index in [1.54, 1.807) is 30.3 Å². The number of nitriles is 1. The van der Waals surface area contributed by atoms with Crippen molar-refractivity contribution in [2.75, 3.05) is 17.7 Å². The molecule has 4 nitrogen and oxygen atoms in total. The van der Waals surface area contributed by atoms with Crippen molar-refractivity contribution >= 4 is 28.7 Å². The Hall–Kier alpha value is -2.38. The van der Waals surface area contributed by atoms with E-state index >= 15 is 0 Å². The Morgan fingerprint density at radius 2 is 2.10 bits per heavy atom. The summed E-state index contributed by atoms with van der Waals surface area (Å²) in [7, 11) is 0. The lowest BCUT2D eigenvalue weighted by atomic mass is 10.2. The molecule has 0 bridgehead atoms. The highest BCUT2D eigenvalue weighted by atomic mass is 35.5. The van der Waals surface area contributed by atoms with Gasteiger partial charge in [0.15, 0.2) is 0 Å². The van der Waals surface area contributed by atoms with Gasteiger partial charge in [0.05, 0.1) is 28.9 Å². The third-order valence-corrected chi connectivity index (χ3v) is 3.11. The number of anilines is 3. The summed E-state index contributed by atoms with van der Waals surface area (Å²) in [5, 5.41) is 12.6. The van der Waals surface area contributed by atoms with Gasteiger partial charge in [-0.05, 0) is 30.7 Å². The van der Waals surface area contributed by atoms with E-state index in [9.17, 15) is 0 Å². The summed E-state index contributed by atoms with van der Waals surface area (Å²) < 4.78 is 5.58. The van der Waals surface area contributed by atoms with Crippen molar-refractivity contribution in [2.45, 2.75) is 13.3 Å². The molecule has 0 fully saturated rings. The molecule has 0 atom stereocenters. The predicted octanol–water partition coefficient (Wildman–Crippen LogP) is 4.33. The first kappa shape index (κ1) is 15.0. The quantitative estimate of drug-likeness (QED) is 0.806. The number of nitrogens with one attached hydrogen (secondary N) is 1. The molecule has 2 aromatic carbocycles. The van der Waals surface area contributed by atoms with Crippen LogP contribution in [-0.4, -0.2) is 6.61 Å².